The number of nitrogens with one attached hydrogen (secondary N) is 1. The second-order valence-corrected chi connectivity index (χ2v) is 6.01. The molecular weight excluding hydrogens is 338 g/mol. The van der Waals surface area contributed by atoms with Crippen molar-refractivity contribution in [2.75, 3.05) is 6.61 Å². The molecule has 0 aromatic heterocycles. The van der Waals surface area contributed by atoms with Crippen LogP contribution in [0.25, 0.3) is 0 Å². The summed E-state index contributed by atoms with van der Waals surface area (Å²) in [6.45, 7) is 4.56. The van der Waals surface area contributed by atoms with E-state index in [2.05, 4.69) is 37.2 Å². The number of aliphatic hydroxyl groups excluding tert-OH is 1. The minimum atomic E-state index is -0.309. The summed E-state index contributed by atoms with van der Waals surface area (Å²) >= 11 is 6.55. The van der Waals surface area contributed by atoms with Crippen molar-refractivity contribution in [3.8, 4) is 5.75 Å². The monoisotopic (exact) mass is 351 g/mol. The van der Waals surface area contributed by atoms with Gasteiger partial charge in [-0.05, 0) is 63.4 Å². The Morgan fingerprint density at radius 3 is 2.19 bits per heavy atom. The van der Waals surface area contributed by atoms with Crippen molar-refractivity contribution < 1.29 is 10.2 Å². The average molecular weight is 353 g/mol. The first-order valence-electron chi connectivity index (χ1n) is 4.88. The first-order chi connectivity index (χ1) is 7.35. The third-order valence-corrected chi connectivity index (χ3v) is 3.45. The van der Waals surface area contributed by atoms with E-state index in [9.17, 15) is 5.11 Å². The highest BCUT2D eigenvalue weighted by molar-refractivity contribution is 9.11. The van der Waals surface area contributed by atoms with Gasteiger partial charge in [0.2, 0.25) is 0 Å². The fourth-order valence-electron chi connectivity index (χ4n) is 1.12. The molecule has 3 N–H and O–H groups in total. The van der Waals surface area contributed by atoms with Gasteiger partial charge in [0.15, 0.2) is 0 Å². The Balaban J connectivity index is 2.76. The average Bonchev–Trinajstić information content (AvgIpc) is 2.23. The number of rotatable bonds is 4. The molecule has 1 rings (SSSR count). The van der Waals surface area contributed by atoms with Crippen LogP contribution in [0, 0.1) is 0 Å². The number of hydrogen-bond acceptors (Lipinski definition) is 3. The standard InChI is InChI=1S/C11H15Br2NO2/c1-11(2,6-15)14-5-7-3-8(12)10(16)9(13)4-7/h3-4,14-16H,5-6H2,1-2H3. The molecule has 16 heavy (non-hydrogen) atoms. The van der Waals surface area contributed by atoms with E-state index < -0.39 is 0 Å². The minimum absolute atomic E-state index is 0.0768. The predicted octanol–water partition coefficient (Wildman–Crippen LogP) is 2.78. The molecule has 0 atom stereocenters. The van der Waals surface area contributed by atoms with Gasteiger partial charge in [-0.15, -0.1) is 0 Å². The van der Waals surface area contributed by atoms with Crippen LogP contribution < -0.4 is 5.32 Å². The Kier molecular flexibility index (Phi) is 4.79. The Morgan fingerprint density at radius 2 is 1.75 bits per heavy atom. The summed E-state index contributed by atoms with van der Waals surface area (Å²) in [5.41, 5.74) is 0.717. The van der Waals surface area contributed by atoms with Gasteiger partial charge >= 0.3 is 0 Å². The lowest BCUT2D eigenvalue weighted by Gasteiger charge is -2.23. The summed E-state index contributed by atoms with van der Waals surface area (Å²) in [7, 11) is 0. The number of aromatic hydroxyl groups is 1. The molecule has 0 aliphatic carbocycles. The maximum Gasteiger partial charge on any atom is 0.143 e. The van der Waals surface area contributed by atoms with E-state index in [1.165, 1.54) is 0 Å². The second-order valence-electron chi connectivity index (χ2n) is 4.30. The Bertz CT molecular complexity index is 357. The molecule has 0 spiro atoms. The van der Waals surface area contributed by atoms with Gasteiger partial charge in [-0.3, -0.25) is 0 Å². The summed E-state index contributed by atoms with van der Waals surface area (Å²) in [5, 5.41) is 21.9. The SMILES string of the molecule is CC(C)(CO)NCc1cc(Br)c(O)c(Br)c1. The third kappa shape index (κ3) is 3.73. The van der Waals surface area contributed by atoms with Crippen molar-refractivity contribution in [2.45, 2.75) is 25.9 Å². The lowest BCUT2D eigenvalue weighted by Crippen LogP contribution is -2.42. The zero-order chi connectivity index (χ0) is 12.3. The van der Waals surface area contributed by atoms with E-state index in [0.717, 1.165) is 5.56 Å². The molecule has 0 saturated carbocycles. The summed E-state index contributed by atoms with van der Waals surface area (Å²) in [6.07, 6.45) is 0. The molecule has 0 fully saturated rings. The minimum Gasteiger partial charge on any atom is -0.506 e. The van der Waals surface area contributed by atoms with Crippen LogP contribution in [-0.4, -0.2) is 22.4 Å². The number of halogens is 2. The Labute approximate surface area is 112 Å². The summed E-state index contributed by atoms with van der Waals surface area (Å²) in [4.78, 5) is 0. The molecule has 0 unspecified atom stereocenters. The van der Waals surface area contributed by atoms with Gasteiger partial charge in [-0.1, -0.05) is 0 Å². The number of benzene rings is 1. The van der Waals surface area contributed by atoms with Gasteiger partial charge < -0.3 is 15.5 Å². The zero-order valence-corrected chi connectivity index (χ0v) is 12.4. The quantitative estimate of drug-likeness (QED) is 0.781. The summed E-state index contributed by atoms with van der Waals surface area (Å²) in [6, 6.07) is 3.70. The van der Waals surface area contributed by atoms with Crippen LogP contribution in [0.1, 0.15) is 19.4 Å². The first kappa shape index (κ1) is 14.0. The van der Waals surface area contributed by atoms with Gasteiger partial charge in [0, 0.05) is 12.1 Å². The predicted molar refractivity (Wildman–Crippen MR) is 71.5 cm³/mol. The van der Waals surface area contributed by atoms with Crippen LogP contribution in [0.2, 0.25) is 0 Å². The zero-order valence-electron chi connectivity index (χ0n) is 9.22. The Morgan fingerprint density at radius 1 is 1.25 bits per heavy atom. The summed E-state index contributed by atoms with van der Waals surface area (Å²) < 4.78 is 1.31. The topological polar surface area (TPSA) is 52.5 Å². The highest BCUT2D eigenvalue weighted by atomic mass is 79.9. The van der Waals surface area contributed by atoms with Crippen LogP contribution in [-0.2, 0) is 6.54 Å². The summed E-state index contributed by atoms with van der Waals surface area (Å²) in [5.74, 6) is 0.199. The molecule has 0 heterocycles. The van der Waals surface area contributed by atoms with Crippen LogP contribution >= 0.6 is 31.9 Å². The maximum atomic E-state index is 9.55. The Hall–Kier alpha value is -0.100. The van der Waals surface area contributed by atoms with Gasteiger partial charge in [-0.2, -0.15) is 0 Å². The van der Waals surface area contributed by atoms with Crippen molar-refractivity contribution in [1.82, 2.24) is 5.32 Å². The van der Waals surface area contributed by atoms with Crippen LogP contribution in [0.5, 0.6) is 5.75 Å². The number of aliphatic hydroxyl groups is 1. The van der Waals surface area contributed by atoms with Crippen molar-refractivity contribution in [2.24, 2.45) is 0 Å². The van der Waals surface area contributed by atoms with E-state index in [1.807, 2.05) is 26.0 Å². The molecule has 0 amide bonds. The van der Waals surface area contributed by atoms with Crippen LogP contribution in [0.4, 0.5) is 0 Å². The molecule has 0 saturated heterocycles. The van der Waals surface area contributed by atoms with Gasteiger partial charge in [0.05, 0.1) is 15.6 Å². The largest absolute Gasteiger partial charge is 0.506 e. The van der Waals surface area contributed by atoms with E-state index >= 15 is 0 Å². The van der Waals surface area contributed by atoms with Crippen LogP contribution in [0.15, 0.2) is 21.1 Å². The van der Waals surface area contributed by atoms with E-state index in [-0.39, 0.29) is 17.9 Å². The normalized spacial score (nSPS) is 11.8. The lowest BCUT2D eigenvalue weighted by atomic mass is 10.1. The van der Waals surface area contributed by atoms with Crippen LogP contribution in [0.3, 0.4) is 0 Å². The van der Waals surface area contributed by atoms with E-state index in [0.29, 0.717) is 15.5 Å². The number of phenols is 1. The van der Waals surface area contributed by atoms with Crippen molar-refractivity contribution in [1.29, 1.82) is 0 Å². The molecule has 3 nitrogen and oxygen atoms in total. The fourth-order valence-corrected chi connectivity index (χ4v) is 2.40. The van der Waals surface area contributed by atoms with E-state index in [4.69, 9.17) is 5.11 Å². The van der Waals surface area contributed by atoms with Crippen molar-refractivity contribution in [3.05, 3.63) is 26.6 Å². The van der Waals surface area contributed by atoms with Gasteiger partial charge in [-0.25, -0.2) is 0 Å². The van der Waals surface area contributed by atoms with Crippen molar-refractivity contribution >= 4 is 31.9 Å². The van der Waals surface area contributed by atoms with Gasteiger partial charge in [0.1, 0.15) is 5.75 Å². The number of phenolic OH excluding ortho intramolecular Hbond substituents is 1. The molecule has 1 aromatic carbocycles. The van der Waals surface area contributed by atoms with Gasteiger partial charge in [0.25, 0.3) is 0 Å². The molecule has 5 heteroatoms. The maximum absolute atomic E-state index is 9.55. The van der Waals surface area contributed by atoms with Crippen molar-refractivity contribution in [3.63, 3.8) is 0 Å². The fraction of sp³-hybridized carbons (Fsp3) is 0.455. The van der Waals surface area contributed by atoms with E-state index in [1.54, 1.807) is 0 Å². The highest BCUT2D eigenvalue weighted by Crippen LogP contribution is 2.33. The first-order valence-corrected chi connectivity index (χ1v) is 6.47. The molecule has 0 aliphatic rings. The molecule has 0 aliphatic heterocycles. The molecule has 90 valence electrons. The highest BCUT2D eigenvalue weighted by Gasteiger charge is 2.15. The third-order valence-electron chi connectivity index (χ3n) is 2.24. The second kappa shape index (κ2) is 5.49. The molecule has 0 bridgehead atoms. The molecule has 1 aromatic rings. The molecule has 0 radical (unpaired) electrons. The smallest absolute Gasteiger partial charge is 0.143 e. The molecular formula is C11H15Br2NO2. The lowest BCUT2D eigenvalue weighted by molar-refractivity contribution is 0.187. The number of hydrogen-bond donors (Lipinski definition) is 3.